The summed E-state index contributed by atoms with van der Waals surface area (Å²) >= 11 is 1.99. The van der Waals surface area contributed by atoms with Crippen LogP contribution in [0, 0.1) is 5.92 Å². The zero-order valence-electron chi connectivity index (χ0n) is 11.1. The topological polar surface area (TPSA) is 64.3 Å². The van der Waals surface area contributed by atoms with Crippen molar-refractivity contribution in [3.63, 3.8) is 0 Å². The van der Waals surface area contributed by atoms with Crippen molar-refractivity contribution in [2.45, 2.75) is 12.8 Å². The summed E-state index contributed by atoms with van der Waals surface area (Å²) in [5.74, 6) is 3.51. The van der Waals surface area contributed by atoms with E-state index in [1.165, 1.54) is 24.3 Å². The summed E-state index contributed by atoms with van der Waals surface area (Å²) in [6.07, 6.45) is 2.38. The maximum absolute atomic E-state index is 12.1. The molecule has 5 heteroatoms. The average molecular weight is 280 g/mol. The summed E-state index contributed by atoms with van der Waals surface area (Å²) in [5.41, 5.74) is 6.87. The summed E-state index contributed by atoms with van der Waals surface area (Å²) in [5, 5.41) is 2.99. The molecule has 1 aliphatic heterocycles. The molecule has 0 bridgehead atoms. The minimum absolute atomic E-state index is 0.0588. The molecule has 0 spiro atoms. The molecule has 4 nitrogen and oxygen atoms in total. The molecular weight excluding hydrogens is 260 g/mol. The number of ether oxygens (including phenoxy) is 1. The van der Waals surface area contributed by atoms with Crippen LogP contribution in [-0.4, -0.2) is 31.1 Å². The molecule has 1 aromatic rings. The molecule has 0 aliphatic carbocycles. The molecule has 19 heavy (non-hydrogen) atoms. The number of amides is 1. The van der Waals surface area contributed by atoms with Gasteiger partial charge in [0.1, 0.15) is 5.75 Å². The number of benzene rings is 1. The Balaban J connectivity index is 1.92. The number of anilines is 1. The smallest absolute Gasteiger partial charge is 0.251 e. The first-order chi connectivity index (χ1) is 9.20. The number of nitrogens with one attached hydrogen (secondary N) is 1. The van der Waals surface area contributed by atoms with E-state index < -0.39 is 0 Å². The number of thioether (sulfide) groups is 1. The predicted octanol–water partition coefficient (Wildman–Crippen LogP) is 2.15. The third-order valence-electron chi connectivity index (χ3n) is 3.39. The molecule has 1 aliphatic rings. The quantitative estimate of drug-likeness (QED) is 0.830. The highest BCUT2D eigenvalue weighted by atomic mass is 32.2. The second kappa shape index (κ2) is 6.70. The first-order valence-corrected chi connectivity index (χ1v) is 7.65. The Hall–Kier alpha value is -1.36. The van der Waals surface area contributed by atoms with E-state index in [1.54, 1.807) is 25.3 Å². The largest absolute Gasteiger partial charge is 0.495 e. The van der Waals surface area contributed by atoms with Crippen molar-refractivity contribution in [3.8, 4) is 5.75 Å². The minimum Gasteiger partial charge on any atom is -0.495 e. The van der Waals surface area contributed by atoms with Crippen LogP contribution in [0.2, 0.25) is 0 Å². The molecule has 2 rings (SSSR count). The van der Waals surface area contributed by atoms with Crippen LogP contribution in [-0.2, 0) is 0 Å². The summed E-state index contributed by atoms with van der Waals surface area (Å²) < 4.78 is 5.12. The summed E-state index contributed by atoms with van der Waals surface area (Å²) in [6.45, 7) is 0.756. The van der Waals surface area contributed by atoms with Crippen molar-refractivity contribution in [2.75, 3.05) is 30.9 Å². The van der Waals surface area contributed by atoms with Gasteiger partial charge in [-0.25, -0.2) is 0 Å². The number of nitrogens with two attached hydrogens (primary N) is 1. The van der Waals surface area contributed by atoms with E-state index in [1.807, 2.05) is 11.8 Å². The maximum Gasteiger partial charge on any atom is 0.251 e. The fraction of sp³-hybridized carbons (Fsp3) is 0.500. The van der Waals surface area contributed by atoms with E-state index >= 15 is 0 Å². The van der Waals surface area contributed by atoms with Crippen LogP contribution < -0.4 is 15.8 Å². The van der Waals surface area contributed by atoms with E-state index in [0.717, 1.165) is 6.54 Å². The van der Waals surface area contributed by atoms with Crippen molar-refractivity contribution in [1.82, 2.24) is 5.32 Å². The molecule has 1 amide bonds. The zero-order valence-corrected chi connectivity index (χ0v) is 12.0. The van der Waals surface area contributed by atoms with Crippen molar-refractivity contribution >= 4 is 23.4 Å². The Bertz CT molecular complexity index is 445. The molecule has 0 unspecified atom stereocenters. The molecule has 1 fully saturated rings. The first-order valence-electron chi connectivity index (χ1n) is 6.50. The van der Waals surface area contributed by atoms with Crippen molar-refractivity contribution in [2.24, 2.45) is 5.92 Å². The lowest BCUT2D eigenvalue weighted by atomic mass is 10.0. The third-order valence-corrected chi connectivity index (χ3v) is 4.44. The highest BCUT2D eigenvalue weighted by molar-refractivity contribution is 7.99. The summed E-state index contributed by atoms with van der Waals surface area (Å²) in [4.78, 5) is 12.1. The van der Waals surface area contributed by atoms with E-state index in [0.29, 0.717) is 22.9 Å². The lowest BCUT2D eigenvalue weighted by molar-refractivity contribution is 0.0946. The van der Waals surface area contributed by atoms with Gasteiger partial charge < -0.3 is 15.8 Å². The highest BCUT2D eigenvalue weighted by Crippen LogP contribution is 2.23. The second-order valence-electron chi connectivity index (χ2n) is 4.72. The van der Waals surface area contributed by atoms with Crippen LogP contribution in [0.25, 0.3) is 0 Å². The van der Waals surface area contributed by atoms with Crippen molar-refractivity contribution in [3.05, 3.63) is 23.8 Å². The Labute approximate surface area is 118 Å². The van der Waals surface area contributed by atoms with Crippen LogP contribution >= 0.6 is 11.8 Å². The van der Waals surface area contributed by atoms with Gasteiger partial charge in [-0.2, -0.15) is 11.8 Å². The molecule has 0 radical (unpaired) electrons. The van der Waals surface area contributed by atoms with Gasteiger partial charge in [0.05, 0.1) is 12.8 Å². The van der Waals surface area contributed by atoms with Crippen LogP contribution in [0.4, 0.5) is 5.69 Å². The van der Waals surface area contributed by atoms with Gasteiger partial charge in [-0.05, 0) is 48.5 Å². The van der Waals surface area contributed by atoms with E-state index in [2.05, 4.69) is 5.32 Å². The molecule has 0 atom stereocenters. The Morgan fingerprint density at radius 3 is 2.89 bits per heavy atom. The molecule has 1 saturated heterocycles. The van der Waals surface area contributed by atoms with E-state index in [4.69, 9.17) is 10.5 Å². The Morgan fingerprint density at radius 1 is 1.47 bits per heavy atom. The monoisotopic (exact) mass is 280 g/mol. The van der Waals surface area contributed by atoms with Crippen LogP contribution in [0.1, 0.15) is 23.2 Å². The van der Waals surface area contributed by atoms with Gasteiger partial charge in [0.2, 0.25) is 0 Å². The van der Waals surface area contributed by atoms with Gasteiger partial charge in [-0.1, -0.05) is 0 Å². The number of rotatable bonds is 4. The summed E-state index contributed by atoms with van der Waals surface area (Å²) in [6, 6.07) is 5.11. The van der Waals surface area contributed by atoms with Gasteiger partial charge in [-0.3, -0.25) is 4.79 Å². The molecule has 3 N–H and O–H groups in total. The molecular formula is C14H20N2O2S. The number of hydrogen-bond donors (Lipinski definition) is 2. The van der Waals surface area contributed by atoms with Gasteiger partial charge in [-0.15, -0.1) is 0 Å². The minimum atomic E-state index is -0.0588. The fourth-order valence-corrected chi connectivity index (χ4v) is 3.35. The van der Waals surface area contributed by atoms with Crippen molar-refractivity contribution < 1.29 is 9.53 Å². The fourth-order valence-electron chi connectivity index (χ4n) is 2.14. The van der Waals surface area contributed by atoms with Gasteiger partial charge >= 0.3 is 0 Å². The number of hydrogen-bond acceptors (Lipinski definition) is 4. The summed E-state index contributed by atoms with van der Waals surface area (Å²) in [7, 11) is 1.55. The maximum atomic E-state index is 12.1. The highest BCUT2D eigenvalue weighted by Gasteiger charge is 2.15. The van der Waals surface area contributed by atoms with Crippen LogP contribution in [0.5, 0.6) is 5.75 Å². The SMILES string of the molecule is COc1cc(C(=O)NCC2CCSCC2)ccc1N. The molecule has 1 aromatic carbocycles. The van der Waals surface area contributed by atoms with Crippen LogP contribution in [0.15, 0.2) is 18.2 Å². The number of carbonyl (C=O) groups is 1. The van der Waals surface area contributed by atoms with Crippen molar-refractivity contribution in [1.29, 1.82) is 0 Å². The number of carbonyl (C=O) groups excluding carboxylic acids is 1. The zero-order chi connectivity index (χ0) is 13.7. The van der Waals surface area contributed by atoms with Gasteiger partial charge in [0.15, 0.2) is 0 Å². The third kappa shape index (κ3) is 3.80. The predicted molar refractivity (Wildman–Crippen MR) is 79.8 cm³/mol. The second-order valence-corrected chi connectivity index (χ2v) is 5.95. The first kappa shape index (κ1) is 14.1. The Kier molecular flexibility index (Phi) is 4.96. The molecule has 1 heterocycles. The lowest BCUT2D eigenvalue weighted by Gasteiger charge is -2.21. The number of nitrogen functional groups attached to an aromatic ring is 1. The molecule has 104 valence electrons. The van der Waals surface area contributed by atoms with Gasteiger partial charge in [0, 0.05) is 12.1 Å². The van der Waals surface area contributed by atoms with E-state index in [-0.39, 0.29) is 5.91 Å². The van der Waals surface area contributed by atoms with Crippen LogP contribution in [0.3, 0.4) is 0 Å². The molecule has 0 saturated carbocycles. The lowest BCUT2D eigenvalue weighted by Crippen LogP contribution is -2.31. The standard InChI is InChI=1S/C14H20N2O2S/c1-18-13-8-11(2-3-12(13)15)14(17)16-9-10-4-6-19-7-5-10/h2-3,8,10H,4-7,9,15H2,1H3,(H,16,17). The number of methoxy groups -OCH3 is 1. The average Bonchev–Trinajstić information content (AvgIpc) is 2.46. The van der Waals surface area contributed by atoms with E-state index in [9.17, 15) is 4.79 Å². The Morgan fingerprint density at radius 2 is 2.21 bits per heavy atom. The molecule has 0 aromatic heterocycles. The van der Waals surface area contributed by atoms with Gasteiger partial charge in [0.25, 0.3) is 5.91 Å². The normalized spacial score (nSPS) is 16.1.